The molecule has 0 fully saturated rings. The van der Waals surface area contributed by atoms with Crippen LogP contribution in [0.25, 0.3) is 10.8 Å². The summed E-state index contributed by atoms with van der Waals surface area (Å²) >= 11 is 3.47. The van der Waals surface area contributed by atoms with Crippen LogP contribution in [0.15, 0.2) is 28.7 Å². The second-order valence-electron chi connectivity index (χ2n) is 4.96. The molecule has 0 heterocycles. The van der Waals surface area contributed by atoms with Gasteiger partial charge in [-0.3, -0.25) is 0 Å². The zero-order chi connectivity index (χ0) is 15.4. The molecule has 0 radical (unpaired) electrons. The smallest absolute Gasteiger partial charge is 0.341 e. The minimum Gasteiger partial charge on any atom is -0.492 e. The van der Waals surface area contributed by atoms with Crippen molar-refractivity contribution >= 4 is 32.7 Å². The molecule has 3 nitrogen and oxygen atoms in total. The fourth-order valence-electron chi connectivity index (χ4n) is 2.30. The van der Waals surface area contributed by atoms with E-state index in [1.54, 1.807) is 0 Å². The highest BCUT2D eigenvalue weighted by molar-refractivity contribution is 9.10. The topological polar surface area (TPSA) is 35.5 Å². The number of carbonyl (C=O) groups excluding carboxylic acids is 1. The summed E-state index contributed by atoms with van der Waals surface area (Å²) in [5, 5.41) is 1.97. The molecule has 112 valence electrons. The van der Waals surface area contributed by atoms with Gasteiger partial charge in [-0.05, 0) is 42.5 Å². The van der Waals surface area contributed by atoms with Gasteiger partial charge in [-0.15, -0.1) is 0 Å². The van der Waals surface area contributed by atoms with E-state index in [0.29, 0.717) is 17.9 Å². The molecule has 0 N–H and O–H groups in total. The van der Waals surface area contributed by atoms with Crippen molar-refractivity contribution < 1.29 is 14.3 Å². The minimum atomic E-state index is -0.358. The highest BCUT2D eigenvalue weighted by atomic mass is 79.9. The van der Waals surface area contributed by atoms with Crippen molar-refractivity contribution in [3.63, 3.8) is 0 Å². The Balaban J connectivity index is 2.63. The van der Waals surface area contributed by atoms with Crippen LogP contribution >= 0.6 is 15.9 Å². The molecule has 0 aromatic heterocycles. The quantitative estimate of drug-likeness (QED) is 0.569. The van der Waals surface area contributed by atoms with Crippen LogP contribution in [0.1, 0.15) is 35.7 Å². The van der Waals surface area contributed by atoms with Crippen molar-refractivity contribution in [3.05, 3.63) is 39.9 Å². The molecule has 4 heteroatoms. The summed E-state index contributed by atoms with van der Waals surface area (Å²) < 4.78 is 11.8. The first-order chi connectivity index (χ1) is 10.1. The summed E-state index contributed by atoms with van der Waals surface area (Å²) in [5.74, 6) is 0.265. The lowest BCUT2D eigenvalue weighted by molar-refractivity contribution is 0.0595. The molecule has 0 aliphatic heterocycles. The van der Waals surface area contributed by atoms with Crippen molar-refractivity contribution in [3.8, 4) is 5.75 Å². The van der Waals surface area contributed by atoms with E-state index in [1.807, 2.05) is 31.2 Å². The second kappa shape index (κ2) is 6.94. The molecule has 2 aromatic rings. The van der Waals surface area contributed by atoms with Crippen LogP contribution in [0.2, 0.25) is 0 Å². The fourth-order valence-corrected chi connectivity index (χ4v) is 2.68. The summed E-state index contributed by atoms with van der Waals surface area (Å²) in [6.07, 6.45) is 2.00. The van der Waals surface area contributed by atoms with Gasteiger partial charge < -0.3 is 9.47 Å². The monoisotopic (exact) mass is 350 g/mol. The zero-order valence-electron chi connectivity index (χ0n) is 12.5. The van der Waals surface area contributed by atoms with E-state index in [4.69, 9.17) is 9.47 Å². The molecular formula is C17H19BrO3. The van der Waals surface area contributed by atoms with Gasteiger partial charge in [0, 0.05) is 9.86 Å². The van der Waals surface area contributed by atoms with Gasteiger partial charge in [0.15, 0.2) is 0 Å². The Hall–Kier alpha value is -1.55. The second-order valence-corrected chi connectivity index (χ2v) is 5.87. The van der Waals surface area contributed by atoms with Crippen LogP contribution in [-0.4, -0.2) is 19.7 Å². The Bertz CT molecular complexity index is 665. The van der Waals surface area contributed by atoms with Crippen LogP contribution in [0.5, 0.6) is 5.75 Å². The predicted octanol–water partition coefficient (Wildman–Crippen LogP) is 4.88. The highest BCUT2D eigenvalue weighted by Crippen LogP contribution is 2.34. The Morgan fingerprint density at radius 1 is 1.29 bits per heavy atom. The molecule has 0 unspecified atom stereocenters. The van der Waals surface area contributed by atoms with E-state index in [0.717, 1.165) is 33.7 Å². The van der Waals surface area contributed by atoms with Crippen LogP contribution in [0, 0.1) is 6.92 Å². The Labute approximate surface area is 133 Å². The normalized spacial score (nSPS) is 10.7. The maximum atomic E-state index is 12.1. The summed E-state index contributed by atoms with van der Waals surface area (Å²) in [4.78, 5) is 12.1. The summed E-state index contributed by atoms with van der Waals surface area (Å²) in [5.41, 5.74) is 1.38. The number of unbranched alkanes of at least 4 members (excludes halogenated alkanes) is 1. The molecule has 0 saturated carbocycles. The molecule has 0 saturated heterocycles. The van der Waals surface area contributed by atoms with Gasteiger partial charge in [-0.25, -0.2) is 4.79 Å². The Kier molecular flexibility index (Phi) is 5.23. The lowest BCUT2D eigenvalue weighted by Crippen LogP contribution is -2.09. The summed E-state index contributed by atoms with van der Waals surface area (Å²) in [6.45, 7) is 4.60. The highest BCUT2D eigenvalue weighted by Gasteiger charge is 2.19. The summed E-state index contributed by atoms with van der Waals surface area (Å²) in [6, 6.07) is 7.92. The van der Waals surface area contributed by atoms with Crippen molar-refractivity contribution in [2.24, 2.45) is 0 Å². The SMILES string of the molecule is CCCCOc1c(C(=O)OC)c(C)cc2cc(Br)ccc12. The molecule has 2 rings (SSSR count). The molecule has 0 amide bonds. The number of aryl methyl sites for hydroxylation is 1. The first kappa shape index (κ1) is 15.8. The van der Waals surface area contributed by atoms with Crippen molar-refractivity contribution in [1.29, 1.82) is 0 Å². The van der Waals surface area contributed by atoms with Gasteiger partial charge in [0.05, 0.1) is 13.7 Å². The maximum Gasteiger partial charge on any atom is 0.341 e. The molecule has 0 aliphatic rings. The van der Waals surface area contributed by atoms with Gasteiger partial charge in [0.25, 0.3) is 0 Å². The van der Waals surface area contributed by atoms with E-state index >= 15 is 0 Å². The average molecular weight is 351 g/mol. The van der Waals surface area contributed by atoms with Crippen LogP contribution in [0.3, 0.4) is 0 Å². The average Bonchev–Trinajstić information content (AvgIpc) is 2.46. The van der Waals surface area contributed by atoms with Gasteiger partial charge in [-0.1, -0.05) is 35.3 Å². The first-order valence-corrected chi connectivity index (χ1v) is 7.81. The molecule has 0 aliphatic carbocycles. The first-order valence-electron chi connectivity index (χ1n) is 7.02. The number of carbonyl (C=O) groups is 1. The number of hydrogen-bond donors (Lipinski definition) is 0. The molecule has 0 spiro atoms. The number of ether oxygens (including phenoxy) is 2. The van der Waals surface area contributed by atoms with Crippen molar-refractivity contribution in [1.82, 2.24) is 0 Å². The third-order valence-corrected chi connectivity index (χ3v) is 3.88. The van der Waals surface area contributed by atoms with Crippen LogP contribution < -0.4 is 4.74 Å². The largest absolute Gasteiger partial charge is 0.492 e. The molecular weight excluding hydrogens is 332 g/mol. The maximum absolute atomic E-state index is 12.1. The van der Waals surface area contributed by atoms with Gasteiger partial charge in [0.1, 0.15) is 11.3 Å². The molecule has 2 aromatic carbocycles. The van der Waals surface area contributed by atoms with Crippen molar-refractivity contribution in [2.75, 3.05) is 13.7 Å². The molecule has 0 bridgehead atoms. The lowest BCUT2D eigenvalue weighted by atomic mass is 10.00. The standard InChI is InChI=1S/C17H19BrO3/c1-4-5-8-21-16-14-7-6-13(18)10-12(14)9-11(2)15(16)17(19)20-3/h6-7,9-10H,4-5,8H2,1-3H3. The number of halogens is 1. The molecule has 21 heavy (non-hydrogen) atoms. The molecule has 0 atom stereocenters. The number of hydrogen-bond acceptors (Lipinski definition) is 3. The zero-order valence-corrected chi connectivity index (χ0v) is 14.1. The van der Waals surface area contributed by atoms with E-state index in [9.17, 15) is 4.79 Å². The van der Waals surface area contributed by atoms with Gasteiger partial charge in [-0.2, -0.15) is 0 Å². The Morgan fingerprint density at radius 3 is 2.71 bits per heavy atom. The number of rotatable bonds is 5. The third kappa shape index (κ3) is 3.38. The van der Waals surface area contributed by atoms with Crippen LogP contribution in [0.4, 0.5) is 0 Å². The summed E-state index contributed by atoms with van der Waals surface area (Å²) in [7, 11) is 1.39. The minimum absolute atomic E-state index is 0.358. The van der Waals surface area contributed by atoms with Gasteiger partial charge >= 0.3 is 5.97 Å². The Morgan fingerprint density at radius 2 is 2.05 bits per heavy atom. The van der Waals surface area contributed by atoms with Gasteiger partial charge in [0.2, 0.25) is 0 Å². The number of methoxy groups -OCH3 is 1. The van der Waals surface area contributed by atoms with E-state index in [1.165, 1.54) is 7.11 Å². The van der Waals surface area contributed by atoms with E-state index in [2.05, 4.69) is 22.9 Å². The predicted molar refractivity (Wildman–Crippen MR) is 88.1 cm³/mol. The van der Waals surface area contributed by atoms with E-state index < -0.39 is 0 Å². The lowest BCUT2D eigenvalue weighted by Gasteiger charge is -2.15. The van der Waals surface area contributed by atoms with Crippen LogP contribution in [-0.2, 0) is 4.74 Å². The third-order valence-electron chi connectivity index (χ3n) is 3.39. The number of esters is 1. The number of fused-ring (bicyclic) bond motifs is 1. The fraction of sp³-hybridized carbons (Fsp3) is 0.353. The van der Waals surface area contributed by atoms with Crippen molar-refractivity contribution in [2.45, 2.75) is 26.7 Å². The van der Waals surface area contributed by atoms with E-state index in [-0.39, 0.29) is 5.97 Å². The number of benzene rings is 2.